The van der Waals surface area contributed by atoms with E-state index in [4.69, 9.17) is 9.47 Å². The average Bonchev–Trinajstić information content (AvgIpc) is 2.65. The van der Waals surface area contributed by atoms with Gasteiger partial charge in [-0.15, -0.1) is 0 Å². The van der Waals surface area contributed by atoms with Crippen LogP contribution >= 0.6 is 0 Å². The van der Waals surface area contributed by atoms with Crippen molar-refractivity contribution < 1.29 is 18.7 Å². The van der Waals surface area contributed by atoms with Gasteiger partial charge < -0.3 is 20.1 Å². The summed E-state index contributed by atoms with van der Waals surface area (Å²) in [5.74, 6) is 0.741. The summed E-state index contributed by atoms with van der Waals surface area (Å²) in [6, 6.07) is 12.1. The molecule has 0 heterocycles. The minimum absolute atomic E-state index is 0.0422. The molecule has 0 spiro atoms. The Morgan fingerprint density at radius 1 is 1.08 bits per heavy atom. The summed E-state index contributed by atoms with van der Waals surface area (Å²) in [7, 11) is 1.57. The van der Waals surface area contributed by atoms with Crippen molar-refractivity contribution in [3.63, 3.8) is 0 Å². The summed E-state index contributed by atoms with van der Waals surface area (Å²) in [5.41, 5.74) is 2.14. The smallest absolute Gasteiger partial charge is 0.257 e. The minimum atomic E-state index is -0.219. The zero-order valence-electron chi connectivity index (χ0n) is 15.2. The van der Waals surface area contributed by atoms with Gasteiger partial charge in [0.25, 0.3) is 5.91 Å². The number of ether oxygens (including phenoxy) is 2. The maximum Gasteiger partial charge on any atom is 0.257 e. The zero-order chi connectivity index (χ0) is 18.8. The highest BCUT2D eigenvalue weighted by molar-refractivity contribution is 5.77. The van der Waals surface area contributed by atoms with Crippen LogP contribution in [0, 0.1) is 5.82 Å². The topological polar surface area (TPSA) is 59.6 Å². The number of hydrogen-bond acceptors (Lipinski definition) is 4. The summed E-state index contributed by atoms with van der Waals surface area (Å²) in [5, 5.41) is 6.03. The normalized spacial score (nSPS) is 10.4. The van der Waals surface area contributed by atoms with Crippen molar-refractivity contribution in [2.75, 3.05) is 26.8 Å². The highest BCUT2D eigenvalue weighted by atomic mass is 19.1. The summed E-state index contributed by atoms with van der Waals surface area (Å²) >= 11 is 0. The summed E-state index contributed by atoms with van der Waals surface area (Å²) < 4.78 is 23.7. The van der Waals surface area contributed by atoms with Gasteiger partial charge in [-0.25, -0.2) is 4.39 Å². The summed E-state index contributed by atoms with van der Waals surface area (Å²) in [6.07, 6.45) is 0.825. The second-order valence-electron chi connectivity index (χ2n) is 5.78. The first kappa shape index (κ1) is 19.7. The van der Waals surface area contributed by atoms with Gasteiger partial charge in [0.1, 0.15) is 5.82 Å². The summed E-state index contributed by atoms with van der Waals surface area (Å²) in [6.45, 7) is 3.84. The molecule has 0 aliphatic heterocycles. The molecule has 0 unspecified atom stereocenters. The van der Waals surface area contributed by atoms with Crippen molar-refractivity contribution in [1.82, 2.24) is 10.6 Å². The van der Waals surface area contributed by atoms with Crippen molar-refractivity contribution in [2.45, 2.75) is 19.9 Å². The fourth-order valence-corrected chi connectivity index (χ4v) is 2.45. The molecule has 2 aromatic carbocycles. The van der Waals surface area contributed by atoms with Crippen molar-refractivity contribution in [3.8, 4) is 11.5 Å². The quantitative estimate of drug-likeness (QED) is 0.640. The number of likely N-dealkylation sites (N-methyl/N-ethyl adjacent to an activating group) is 1. The molecule has 0 aliphatic rings. The summed E-state index contributed by atoms with van der Waals surface area (Å²) in [4.78, 5) is 11.5. The highest BCUT2D eigenvalue weighted by Crippen LogP contribution is 2.28. The van der Waals surface area contributed by atoms with Crippen molar-refractivity contribution >= 4 is 5.91 Å². The molecule has 0 fully saturated rings. The van der Waals surface area contributed by atoms with Crippen molar-refractivity contribution in [1.29, 1.82) is 0 Å². The van der Waals surface area contributed by atoms with Crippen LogP contribution in [0.3, 0.4) is 0 Å². The van der Waals surface area contributed by atoms with Gasteiger partial charge in [-0.05, 0) is 55.3 Å². The molecule has 0 saturated carbocycles. The van der Waals surface area contributed by atoms with Crippen LogP contribution in [0.2, 0.25) is 0 Å². The minimum Gasteiger partial charge on any atom is -0.493 e. The lowest BCUT2D eigenvalue weighted by Crippen LogP contribution is -2.28. The van der Waals surface area contributed by atoms with Gasteiger partial charge in [0, 0.05) is 13.1 Å². The molecule has 0 aliphatic carbocycles. The van der Waals surface area contributed by atoms with Crippen molar-refractivity contribution in [3.05, 3.63) is 59.4 Å². The fraction of sp³-hybridized carbons (Fsp3) is 0.350. The van der Waals surface area contributed by atoms with Crippen LogP contribution in [0.4, 0.5) is 4.39 Å². The lowest BCUT2D eigenvalue weighted by Gasteiger charge is -2.12. The van der Waals surface area contributed by atoms with E-state index in [1.54, 1.807) is 25.3 Å². The van der Waals surface area contributed by atoms with Crippen LogP contribution in [0.1, 0.15) is 18.1 Å². The molecule has 0 aromatic heterocycles. The van der Waals surface area contributed by atoms with Gasteiger partial charge in [0.05, 0.1) is 7.11 Å². The second-order valence-corrected chi connectivity index (χ2v) is 5.78. The zero-order valence-corrected chi connectivity index (χ0v) is 15.2. The first-order chi connectivity index (χ1) is 12.6. The number of carbonyl (C=O) groups is 1. The van der Waals surface area contributed by atoms with Gasteiger partial charge >= 0.3 is 0 Å². The van der Waals surface area contributed by atoms with Crippen LogP contribution < -0.4 is 20.1 Å². The first-order valence-corrected chi connectivity index (χ1v) is 8.64. The number of amides is 1. The van der Waals surface area contributed by atoms with Gasteiger partial charge in [0.15, 0.2) is 18.1 Å². The molecule has 2 aromatic rings. The molecule has 0 radical (unpaired) electrons. The third-order valence-corrected chi connectivity index (χ3v) is 3.79. The molecule has 26 heavy (non-hydrogen) atoms. The van der Waals surface area contributed by atoms with Crippen LogP contribution in [0.25, 0.3) is 0 Å². The molecule has 140 valence electrons. The lowest BCUT2D eigenvalue weighted by atomic mass is 10.1. The average molecular weight is 360 g/mol. The van der Waals surface area contributed by atoms with Crippen LogP contribution in [-0.2, 0) is 17.8 Å². The Kier molecular flexibility index (Phi) is 7.89. The Bertz CT molecular complexity index is 705. The van der Waals surface area contributed by atoms with Crippen LogP contribution in [0.15, 0.2) is 42.5 Å². The molecule has 2 rings (SSSR count). The Hall–Kier alpha value is -2.60. The van der Waals surface area contributed by atoms with Crippen LogP contribution in [-0.4, -0.2) is 32.7 Å². The third kappa shape index (κ3) is 6.37. The molecule has 6 heteroatoms. The van der Waals surface area contributed by atoms with E-state index in [9.17, 15) is 9.18 Å². The van der Waals surface area contributed by atoms with E-state index in [1.165, 1.54) is 12.1 Å². The van der Waals surface area contributed by atoms with Crippen molar-refractivity contribution in [2.24, 2.45) is 0 Å². The molecule has 2 N–H and O–H groups in total. The number of methoxy groups -OCH3 is 1. The van der Waals surface area contributed by atoms with E-state index in [1.807, 2.05) is 19.1 Å². The number of nitrogens with one attached hydrogen (secondary N) is 2. The largest absolute Gasteiger partial charge is 0.493 e. The Morgan fingerprint density at radius 3 is 2.50 bits per heavy atom. The monoisotopic (exact) mass is 360 g/mol. The molecule has 1 amide bonds. The second kappa shape index (κ2) is 10.4. The highest BCUT2D eigenvalue weighted by Gasteiger charge is 2.08. The molecule has 5 nitrogen and oxygen atoms in total. The predicted octanol–water partition coefficient (Wildman–Crippen LogP) is 2.68. The Balaban J connectivity index is 1.82. The standard InChI is InChI=1S/C20H25FN2O3/c1-3-23-20(24)14-26-18-9-6-16(12-19(18)25-2)13-22-11-10-15-4-7-17(21)8-5-15/h4-9,12,22H,3,10-11,13-14H2,1-2H3,(H,23,24). The van der Waals surface area contributed by atoms with Crippen LogP contribution in [0.5, 0.6) is 11.5 Å². The maximum absolute atomic E-state index is 12.9. The number of rotatable bonds is 10. The van der Waals surface area contributed by atoms with E-state index in [0.717, 1.165) is 24.1 Å². The van der Waals surface area contributed by atoms with E-state index in [0.29, 0.717) is 24.6 Å². The Morgan fingerprint density at radius 2 is 1.81 bits per heavy atom. The molecule has 0 atom stereocenters. The molecule has 0 saturated heterocycles. The number of carbonyl (C=O) groups excluding carboxylic acids is 1. The molecular formula is C20H25FN2O3. The van der Waals surface area contributed by atoms with E-state index in [2.05, 4.69) is 10.6 Å². The van der Waals surface area contributed by atoms with E-state index in [-0.39, 0.29) is 18.3 Å². The lowest BCUT2D eigenvalue weighted by molar-refractivity contribution is -0.123. The van der Waals surface area contributed by atoms with E-state index >= 15 is 0 Å². The number of benzene rings is 2. The van der Waals surface area contributed by atoms with Gasteiger partial charge in [0.2, 0.25) is 0 Å². The molecule has 0 bridgehead atoms. The number of hydrogen-bond donors (Lipinski definition) is 2. The van der Waals surface area contributed by atoms with E-state index < -0.39 is 0 Å². The number of halogens is 1. The SMILES string of the molecule is CCNC(=O)COc1ccc(CNCCc2ccc(F)cc2)cc1OC. The Labute approximate surface area is 153 Å². The maximum atomic E-state index is 12.9. The molecular weight excluding hydrogens is 335 g/mol. The third-order valence-electron chi connectivity index (χ3n) is 3.79. The van der Waals surface area contributed by atoms with Gasteiger partial charge in [-0.1, -0.05) is 18.2 Å². The first-order valence-electron chi connectivity index (χ1n) is 8.64. The fourth-order valence-electron chi connectivity index (χ4n) is 2.45. The van der Waals surface area contributed by atoms with Gasteiger partial charge in [-0.3, -0.25) is 4.79 Å². The predicted molar refractivity (Wildman–Crippen MR) is 99.0 cm³/mol. The van der Waals surface area contributed by atoms with Gasteiger partial charge in [-0.2, -0.15) is 0 Å².